The van der Waals surface area contributed by atoms with Crippen LogP contribution in [-0.2, 0) is 10.0 Å². The maximum Gasteiger partial charge on any atom is 0.243 e. The van der Waals surface area contributed by atoms with Gasteiger partial charge in [0.1, 0.15) is 6.10 Å². The van der Waals surface area contributed by atoms with Crippen molar-refractivity contribution in [1.82, 2.24) is 14.3 Å². The Morgan fingerprint density at radius 2 is 2.00 bits per heavy atom. The fourth-order valence-corrected chi connectivity index (χ4v) is 4.27. The quantitative estimate of drug-likeness (QED) is 0.791. The SMILES string of the molecule is O=S(=O)(c1ccc(Br)cc1)N1CCCC(Oc2cnccn2)C1. The molecule has 0 spiro atoms. The minimum absolute atomic E-state index is 0.217. The van der Waals surface area contributed by atoms with Crippen molar-refractivity contribution in [3.05, 3.63) is 47.3 Å². The molecule has 1 fully saturated rings. The predicted octanol–water partition coefficient (Wildman–Crippen LogP) is 2.47. The Kier molecular flexibility index (Phi) is 4.93. The van der Waals surface area contributed by atoms with Gasteiger partial charge < -0.3 is 4.74 Å². The number of ether oxygens (including phenoxy) is 1. The molecule has 1 aliphatic rings. The molecule has 1 aromatic carbocycles. The molecule has 0 amide bonds. The molecule has 1 unspecified atom stereocenters. The second kappa shape index (κ2) is 6.94. The largest absolute Gasteiger partial charge is 0.472 e. The Morgan fingerprint density at radius 3 is 2.70 bits per heavy atom. The maximum absolute atomic E-state index is 12.7. The van der Waals surface area contributed by atoms with Gasteiger partial charge in [-0.2, -0.15) is 4.31 Å². The molecule has 0 N–H and O–H groups in total. The molecule has 3 rings (SSSR count). The fraction of sp³-hybridized carbons (Fsp3) is 0.333. The predicted molar refractivity (Wildman–Crippen MR) is 88.6 cm³/mol. The van der Waals surface area contributed by atoms with E-state index in [1.165, 1.54) is 10.5 Å². The first kappa shape index (κ1) is 16.4. The van der Waals surface area contributed by atoms with Gasteiger partial charge in [0.05, 0.1) is 17.6 Å². The normalized spacial score (nSPS) is 19.4. The molecule has 122 valence electrons. The van der Waals surface area contributed by atoms with Crippen molar-refractivity contribution in [3.63, 3.8) is 0 Å². The molecule has 2 heterocycles. The molecule has 1 aromatic heterocycles. The third-order valence-corrected chi connectivity index (χ3v) is 6.03. The van der Waals surface area contributed by atoms with Gasteiger partial charge in [-0.15, -0.1) is 0 Å². The second-order valence-corrected chi connectivity index (χ2v) is 8.10. The zero-order valence-electron chi connectivity index (χ0n) is 12.3. The number of halogens is 1. The summed E-state index contributed by atoms with van der Waals surface area (Å²) in [5.74, 6) is 0.417. The Bertz CT molecular complexity index is 753. The topological polar surface area (TPSA) is 72.4 Å². The summed E-state index contributed by atoms with van der Waals surface area (Å²) < 4.78 is 33.5. The summed E-state index contributed by atoms with van der Waals surface area (Å²) in [5, 5.41) is 0. The third-order valence-electron chi connectivity index (χ3n) is 3.62. The Hall–Kier alpha value is -1.51. The molecule has 2 aromatic rings. The zero-order valence-corrected chi connectivity index (χ0v) is 14.7. The molecule has 0 bridgehead atoms. The molecule has 8 heteroatoms. The number of rotatable bonds is 4. The van der Waals surface area contributed by atoms with E-state index in [1.807, 2.05) is 0 Å². The van der Waals surface area contributed by atoms with Crippen molar-refractivity contribution in [2.45, 2.75) is 23.8 Å². The highest BCUT2D eigenvalue weighted by Crippen LogP contribution is 2.23. The van der Waals surface area contributed by atoms with E-state index >= 15 is 0 Å². The summed E-state index contributed by atoms with van der Waals surface area (Å²) in [7, 11) is -3.51. The van der Waals surface area contributed by atoms with Crippen LogP contribution in [0.15, 0.2) is 52.2 Å². The number of sulfonamides is 1. The summed E-state index contributed by atoms with van der Waals surface area (Å²) in [6, 6.07) is 6.66. The molecule has 23 heavy (non-hydrogen) atoms. The number of hydrogen-bond donors (Lipinski definition) is 0. The van der Waals surface area contributed by atoms with Gasteiger partial charge in [0.25, 0.3) is 0 Å². The van der Waals surface area contributed by atoms with E-state index in [-0.39, 0.29) is 6.10 Å². The van der Waals surface area contributed by atoms with Gasteiger partial charge in [0, 0.05) is 23.4 Å². The first-order chi connectivity index (χ1) is 11.1. The smallest absolute Gasteiger partial charge is 0.243 e. The van der Waals surface area contributed by atoms with Gasteiger partial charge in [0.15, 0.2) is 0 Å². The average Bonchev–Trinajstić information content (AvgIpc) is 2.56. The average molecular weight is 398 g/mol. The second-order valence-electron chi connectivity index (χ2n) is 5.24. The Morgan fingerprint density at radius 1 is 1.22 bits per heavy atom. The fourth-order valence-electron chi connectivity index (χ4n) is 2.49. The minimum Gasteiger partial charge on any atom is -0.472 e. The summed E-state index contributed by atoms with van der Waals surface area (Å²) in [5.41, 5.74) is 0. The molecule has 0 radical (unpaired) electrons. The highest BCUT2D eigenvalue weighted by molar-refractivity contribution is 9.10. The number of benzene rings is 1. The van der Waals surface area contributed by atoms with Crippen molar-refractivity contribution in [3.8, 4) is 5.88 Å². The van der Waals surface area contributed by atoms with Gasteiger partial charge >= 0.3 is 0 Å². The number of piperidine rings is 1. The van der Waals surface area contributed by atoms with E-state index in [4.69, 9.17) is 4.74 Å². The monoisotopic (exact) mass is 397 g/mol. The van der Waals surface area contributed by atoms with Crippen LogP contribution in [0.3, 0.4) is 0 Å². The lowest BCUT2D eigenvalue weighted by molar-refractivity contribution is 0.124. The van der Waals surface area contributed by atoms with E-state index < -0.39 is 10.0 Å². The zero-order chi connectivity index (χ0) is 16.3. The molecule has 1 saturated heterocycles. The van der Waals surface area contributed by atoms with E-state index in [1.54, 1.807) is 36.7 Å². The van der Waals surface area contributed by atoms with Crippen LogP contribution in [-0.4, -0.2) is 41.9 Å². The van der Waals surface area contributed by atoms with Crippen molar-refractivity contribution < 1.29 is 13.2 Å². The first-order valence-electron chi connectivity index (χ1n) is 7.24. The van der Waals surface area contributed by atoms with Crippen LogP contribution in [0.25, 0.3) is 0 Å². The van der Waals surface area contributed by atoms with Gasteiger partial charge in [0.2, 0.25) is 15.9 Å². The van der Waals surface area contributed by atoms with Gasteiger partial charge in [-0.3, -0.25) is 4.98 Å². The molecule has 0 saturated carbocycles. The molecular weight excluding hydrogens is 382 g/mol. The van der Waals surface area contributed by atoms with Crippen molar-refractivity contribution in [2.75, 3.05) is 13.1 Å². The van der Waals surface area contributed by atoms with Gasteiger partial charge in [-0.25, -0.2) is 13.4 Å². The molecule has 0 aliphatic carbocycles. The number of nitrogens with zero attached hydrogens (tertiary/aromatic N) is 3. The molecule has 1 aliphatic heterocycles. The van der Waals surface area contributed by atoms with Crippen LogP contribution in [0.5, 0.6) is 5.88 Å². The summed E-state index contributed by atoms with van der Waals surface area (Å²) in [4.78, 5) is 8.31. The standard InChI is InChI=1S/C15H16BrN3O3S/c16-12-3-5-14(6-4-12)23(20,21)19-9-1-2-13(11-19)22-15-10-17-7-8-18-15/h3-8,10,13H,1-2,9,11H2. The highest BCUT2D eigenvalue weighted by atomic mass is 79.9. The van der Waals surface area contributed by atoms with Crippen molar-refractivity contribution >= 4 is 26.0 Å². The lowest BCUT2D eigenvalue weighted by Crippen LogP contribution is -2.44. The van der Waals surface area contributed by atoms with Crippen LogP contribution in [0.2, 0.25) is 0 Å². The number of aromatic nitrogens is 2. The first-order valence-corrected chi connectivity index (χ1v) is 9.47. The van der Waals surface area contributed by atoms with Crippen molar-refractivity contribution in [1.29, 1.82) is 0 Å². The summed E-state index contributed by atoms with van der Waals surface area (Å²) in [6.45, 7) is 0.813. The van der Waals surface area contributed by atoms with E-state index in [2.05, 4.69) is 25.9 Å². The lowest BCUT2D eigenvalue weighted by Gasteiger charge is -2.31. The van der Waals surface area contributed by atoms with E-state index in [0.717, 1.165) is 17.3 Å². The van der Waals surface area contributed by atoms with Crippen molar-refractivity contribution in [2.24, 2.45) is 0 Å². The van der Waals surface area contributed by atoms with Crippen LogP contribution >= 0.6 is 15.9 Å². The van der Waals surface area contributed by atoms with Crippen LogP contribution in [0, 0.1) is 0 Å². The third kappa shape index (κ3) is 3.88. The number of hydrogen-bond acceptors (Lipinski definition) is 5. The lowest BCUT2D eigenvalue weighted by atomic mass is 10.1. The van der Waals surface area contributed by atoms with Gasteiger partial charge in [-0.1, -0.05) is 15.9 Å². The highest BCUT2D eigenvalue weighted by Gasteiger charge is 2.31. The maximum atomic E-state index is 12.7. The summed E-state index contributed by atoms with van der Waals surface area (Å²) >= 11 is 3.31. The van der Waals surface area contributed by atoms with E-state index in [9.17, 15) is 8.42 Å². The Balaban J connectivity index is 1.74. The van der Waals surface area contributed by atoms with Crippen LogP contribution in [0.1, 0.15) is 12.8 Å². The molecule has 1 atom stereocenters. The van der Waals surface area contributed by atoms with Crippen LogP contribution < -0.4 is 4.74 Å². The summed E-state index contributed by atoms with van der Waals surface area (Å²) in [6.07, 6.45) is 5.98. The Labute approximate surface area is 143 Å². The van der Waals surface area contributed by atoms with Gasteiger partial charge in [-0.05, 0) is 37.1 Å². The molecule has 6 nitrogen and oxygen atoms in total. The molecular formula is C15H16BrN3O3S. The minimum atomic E-state index is -3.51. The van der Waals surface area contributed by atoms with Crippen LogP contribution in [0.4, 0.5) is 0 Å². The van der Waals surface area contributed by atoms with E-state index in [0.29, 0.717) is 23.9 Å².